The van der Waals surface area contributed by atoms with E-state index in [1.165, 1.54) is 6.20 Å². The molecule has 0 amide bonds. The number of ether oxygens (including phenoxy) is 1. The number of nitrogens with zero attached hydrogens (tertiary/aromatic N) is 2. The monoisotopic (exact) mass is 266 g/mol. The molecule has 1 aromatic rings. The lowest BCUT2D eigenvalue weighted by molar-refractivity contribution is 0.141. The molecule has 0 saturated heterocycles. The van der Waals surface area contributed by atoms with E-state index in [4.69, 9.17) is 15.4 Å². The molecular formula is C9H15ClN2O3S. The van der Waals surface area contributed by atoms with E-state index in [2.05, 4.69) is 4.98 Å². The highest BCUT2D eigenvalue weighted by Gasteiger charge is 2.15. The average molecular weight is 267 g/mol. The SMILES string of the molecule is CCOCCCn1cc(S(=O)(=O)Cl)nc1C. The quantitative estimate of drug-likeness (QED) is 0.579. The standard InChI is InChI=1S/C9H15ClN2O3S/c1-3-15-6-4-5-12-7-9(11-8(12)2)16(10,13)14/h7H,3-6H2,1-2H3. The summed E-state index contributed by atoms with van der Waals surface area (Å²) in [6, 6.07) is 0. The fourth-order valence-electron chi connectivity index (χ4n) is 1.30. The maximum atomic E-state index is 11.0. The van der Waals surface area contributed by atoms with Gasteiger partial charge in [0.1, 0.15) is 5.82 Å². The highest BCUT2D eigenvalue weighted by Crippen LogP contribution is 2.14. The second-order valence-corrected chi connectivity index (χ2v) is 5.82. The van der Waals surface area contributed by atoms with Crippen LogP contribution in [0.1, 0.15) is 19.2 Å². The Morgan fingerprint density at radius 1 is 1.56 bits per heavy atom. The molecule has 0 fully saturated rings. The highest BCUT2D eigenvalue weighted by molar-refractivity contribution is 8.13. The first-order valence-corrected chi connectivity index (χ1v) is 7.32. The number of rotatable bonds is 6. The minimum Gasteiger partial charge on any atom is -0.382 e. The third kappa shape index (κ3) is 3.77. The lowest BCUT2D eigenvalue weighted by Gasteiger charge is -2.04. The van der Waals surface area contributed by atoms with E-state index >= 15 is 0 Å². The molecule has 0 spiro atoms. The van der Waals surface area contributed by atoms with Gasteiger partial charge in [0.05, 0.1) is 0 Å². The van der Waals surface area contributed by atoms with Gasteiger partial charge in [-0.2, -0.15) is 0 Å². The molecule has 0 aliphatic rings. The van der Waals surface area contributed by atoms with Crippen molar-refractivity contribution in [1.29, 1.82) is 0 Å². The Morgan fingerprint density at radius 3 is 2.75 bits per heavy atom. The van der Waals surface area contributed by atoms with Gasteiger partial charge >= 0.3 is 0 Å². The van der Waals surface area contributed by atoms with E-state index in [0.29, 0.717) is 25.6 Å². The lowest BCUT2D eigenvalue weighted by Crippen LogP contribution is -2.03. The largest absolute Gasteiger partial charge is 0.382 e. The summed E-state index contributed by atoms with van der Waals surface area (Å²) >= 11 is 0. The van der Waals surface area contributed by atoms with Crippen molar-refractivity contribution in [2.24, 2.45) is 0 Å². The van der Waals surface area contributed by atoms with Gasteiger partial charge in [0.15, 0.2) is 5.03 Å². The predicted molar refractivity (Wildman–Crippen MR) is 61.1 cm³/mol. The molecule has 1 heterocycles. The third-order valence-corrected chi connectivity index (χ3v) is 3.27. The molecule has 0 bridgehead atoms. The Bertz CT molecular complexity index is 442. The number of halogens is 1. The molecule has 0 aromatic carbocycles. The number of aromatic nitrogens is 2. The molecule has 0 N–H and O–H groups in total. The van der Waals surface area contributed by atoms with Crippen molar-refractivity contribution in [3.8, 4) is 0 Å². The first-order valence-electron chi connectivity index (χ1n) is 5.01. The minimum atomic E-state index is -3.73. The van der Waals surface area contributed by atoms with E-state index in [1.807, 2.05) is 6.92 Å². The summed E-state index contributed by atoms with van der Waals surface area (Å²) < 4.78 is 29.0. The highest BCUT2D eigenvalue weighted by atomic mass is 35.7. The normalized spacial score (nSPS) is 11.9. The summed E-state index contributed by atoms with van der Waals surface area (Å²) in [6.45, 7) is 5.68. The second kappa shape index (κ2) is 5.65. The van der Waals surface area contributed by atoms with Crippen molar-refractivity contribution in [3.05, 3.63) is 12.0 Å². The number of imidazole rings is 1. The van der Waals surface area contributed by atoms with Gasteiger partial charge in [0, 0.05) is 36.6 Å². The molecule has 0 radical (unpaired) electrons. The van der Waals surface area contributed by atoms with Crippen molar-refractivity contribution in [2.75, 3.05) is 13.2 Å². The zero-order chi connectivity index (χ0) is 12.2. The zero-order valence-electron chi connectivity index (χ0n) is 9.31. The molecule has 1 rings (SSSR count). The number of hydrogen-bond acceptors (Lipinski definition) is 4. The predicted octanol–water partition coefficient (Wildman–Crippen LogP) is 1.55. The fourth-order valence-corrected chi connectivity index (χ4v) is 2.02. The van der Waals surface area contributed by atoms with Crippen LogP contribution < -0.4 is 0 Å². The van der Waals surface area contributed by atoms with Gasteiger partial charge in [0.25, 0.3) is 9.05 Å². The molecule has 1 aromatic heterocycles. The smallest absolute Gasteiger partial charge is 0.280 e. The maximum Gasteiger partial charge on any atom is 0.280 e. The van der Waals surface area contributed by atoms with Crippen LogP contribution >= 0.6 is 10.7 Å². The van der Waals surface area contributed by atoms with E-state index in [9.17, 15) is 8.42 Å². The Kier molecular flexibility index (Phi) is 4.76. The topological polar surface area (TPSA) is 61.2 Å². The van der Waals surface area contributed by atoms with Crippen molar-refractivity contribution >= 4 is 19.7 Å². The second-order valence-electron chi connectivity index (χ2n) is 3.31. The summed E-state index contributed by atoms with van der Waals surface area (Å²) in [7, 11) is 1.47. The molecule has 0 atom stereocenters. The fraction of sp³-hybridized carbons (Fsp3) is 0.667. The van der Waals surface area contributed by atoms with Crippen molar-refractivity contribution in [3.63, 3.8) is 0 Å². The summed E-state index contributed by atoms with van der Waals surface area (Å²) in [5.74, 6) is 0.635. The molecule has 5 nitrogen and oxygen atoms in total. The van der Waals surface area contributed by atoms with Crippen LogP contribution in [0.5, 0.6) is 0 Å². The van der Waals surface area contributed by atoms with Gasteiger partial charge in [0.2, 0.25) is 0 Å². The van der Waals surface area contributed by atoms with Gasteiger partial charge in [-0.1, -0.05) is 0 Å². The van der Waals surface area contributed by atoms with Crippen molar-refractivity contribution in [2.45, 2.75) is 31.8 Å². The summed E-state index contributed by atoms with van der Waals surface area (Å²) in [5.41, 5.74) is 0. The van der Waals surface area contributed by atoms with Crippen molar-refractivity contribution < 1.29 is 13.2 Å². The van der Waals surface area contributed by atoms with Gasteiger partial charge in [-0.25, -0.2) is 13.4 Å². The Balaban J connectivity index is 2.64. The molecule has 0 aliphatic heterocycles. The average Bonchev–Trinajstić information content (AvgIpc) is 2.55. The molecule has 0 aliphatic carbocycles. The van der Waals surface area contributed by atoms with E-state index in [0.717, 1.165) is 6.42 Å². The van der Waals surface area contributed by atoms with Crippen LogP contribution in [0.25, 0.3) is 0 Å². The lowest BCUT2D eigenvalue weighted by atomic mass is 10.4. The Labute approximate surface area is 99.8 Å². The van der Waals surface area contributed by atoms with Gasteiger partial charge in [-0.05, 0) is 20.3 Å². The molecular weight excluding hydrogens is 252 g/mol. The number of aryl methyl sites for hydroxylation is 2. The first-order chi connectivity index (χ1) is 7.45. The first kappa shape index (κ1) is 13.5. The van der Waals surface area contributed by atoms with Gasteiger partial charge in [-0.3, -0.25) is 0 Å². The summed E-state index contributed by atoms with van der Waals surface area (Å²) in [5, 5.41) is -0.0944. The Hall–Kier alpha value is -0.590. The summed E-state index contributed by atoms with van der Waals surface area (Å²) in [6.07, 6.45) is 2.26. The van der Waals surface area contributed by atoms with Gasteiger partial charge < -0.3 is 9.30 Å². The van der Waals surface area contributed by atoms with E-state index in [-0.39, 0.29) is 5.03 Å². The molecule has 92 valence electrons. The zero-order valence-corrected chi connectivity index (χ0v) is 10.9. The van der Waals surface area contributed by atoms with Crippen LogP contribution in [-0.2, 0) is 20.3 Å². The minimum absolute atomic E-state index is 0.0944. The number of hydrogen-bond donors (Lipinski definition) is 0. The third-order valence-electron chi connectivity index (χ3n) is 2.10. The van der Waals surface area contributed by atoms with Crippen LogP contribution in [-0.4, -0.2) is 31.2 Å². The molecule has 7 heteroatoms. The van der Waals surface area contributed by atoms with Crippen LogP contribution in [0.3, 0.4) is 0 Å². The van der Waals surface area contributed by atoms with E-state index in [1.54, 1.807) is 11.5 Å². The van der Waals surface area contributed by atoms with Crippen LogP contribution in [0.2, 0.25) is 0 Å². The Morgan fingerprint density at radius 2 is 2.25 bits per heavy atom. The maximum absolute atomic E-state index is 11.0. The molecule has 16 heavy (non-hydrogen) atoms. The van der Waals surface area contributed by atoms with Crippen LogP contribution in [0.4, 0.5) is 0 Å². The van der Waals surface area contributed by atoms with E-state index < -0.39 is 9.05 Å². The van der Waals surface area contributed by atoms with Gasteiger partial charge in [-0.15, -0.1) is 0 Å². The van der Waals surface area contributed by atoms with Crippen molar-refractivity contribution in [1.82, 2.24) is 9.55 Å². The van der Waals surface area contributed by atoms with Crippen LogP contribution in [0.15, 0.2) is 11.2 Å². The summed E-state index contributed by atoms with van der Waals surface area (Å²) in [4.78, 5) is 3.88. The van der Waals surface area contributed by atoms with Crippen LogP contribution in [0, 0.1) is 6.92 Å². The molecule has 0 unspecified atom stereocenters. The molecule has 0 saturated carbocycles.